The average Bonchev–Trinajstić information content (AvgIpc) is 3.25. The van der Waals surface area contributed by atoms with Crippen molar-refractivity contribution in [3.05, 3.63) is 30.2 Å². The molecule has 2 saturated heterocycles. The molecule has 1 atom stereocenters. The highest BCUT2D eigenvalue weighted by Crippen LogP contribution is 2.44. The van der Waals surface area contributed by atoms with Gasteiger partial charge in [-0.3, -0.25) is 14.1 Å². The van der Waals surface area contributed by atoms with E-state index in [0.29, 0.717) is 17.9 Å². The number of carbonyl (C=O) groups excluding carboxylic acids is 2. The first-order chi connectivity index (χ1) is 14.5. The monoisotopic (exact) mass is 439 g/mol. The normalized spacial score (nSPS) is 23.8. The van der Waals surface area contributed by atoms with Gasteiger partial charge >= 0.3 is 12.2 Å². The summed E-state index contributed by atoms with van der Waals surface area (Å²) in [7, 11) is 1.49. The molecule has 0 saturated carbocycles. The second kappa shape index (κ2) is 7.11. The van der Waals surface area contributed by atoms with Crippen LogP contribution < -0.4 is 10.2 Å². The number of imidazole rings is 1. The van der Waals surface area contributed by atoms with E-state index in [9.17, 15) is 22.8 Å². The van der Waals surface area contributed by atoms with Crippen molar-refractivity contribution in [2.75, 3.05) is 38.3 Å². The lowest BCUT2D eigenvalue weighted by Gasteiger charge is -2.50. The van der Waals surface area contributed by atoms with Crippen molar-refractivity contribution in [3.8, 4) is 0 Å². The van der Waals surface area contributed by atoms with E-state index in [-0.39, 0.29) is 32.0 Å². The average molecular weight is 439 g/mol. The Morgan fingerprint density at radius 2 is 2.00 bits per heavy atom. The van der Waals surface area contributed by atoms with Gasteiger partial charge in [0.05, 0.1) is 30.4 Å². The number of halogens is 3. The zero-order valence-electron chi connectivity index (χ0n) is 17.5. The second-order valence-corrected chi connectivity index (χ2v) is 8.63. The largest absolute Gasteiger partial charge is 0.416 e. The molecule has 1 N–H and O–H groups in total. The van der Waals surface area contributed by atoms with Gasteiger partial charge in [0.2, 0.25) is 0 Å². The molecular formula is C20H24F3N5O3. The fourth-order valence-electron chi connectivity index (χ4n) is 4.59. The molecular weight excluding hydrogens is 415 g/mol. The summed E-state index contributed by atoms with van der Waals surface area (Å²) < 4.78 is 46.9. The number of methoxy groups -OCH3 is 1. The predicted octanol–water partition coefficient (Wildman–Crippen LogP) is 2.53. The van der Waals surface area contributed by atoms with Crippen molar-refractivity contribution in [3.63, 3.8) is 0 Å². The Morgan fingerprint density at radius 3 is 2.65 bits per heavy atom. The van der Waals surface area contributed by atoms with E-state index in [1.54, 1.807) is 4.40 Å². The Hall–Kier alpha value is -2.82. The molecule has 2 aliphatic rings. The summed E-state index contributed by atoms with van der Waals surface area (Å²) in [5.74, 6) is 0.0225. The van der Waals surface area contributed by atoms with Gasteiger partial charge < -0.3 is 15.0 Å². The Morgan fingerprint density at radius 1 is 1.26 bits per heavy atom. The van der Waals surface area contributed by atoms with Crippen LogP contribution in [0.25, 0.3) is 5.52 Å². The van der Waals surface area contributed by atoms with E-state index < -0.39 is 28.7 Å². The van der Waals surface area contributed by atoms with E-state index >= 15 is 0 Å². The Balaban J connectivity index is 1.68. The van der Waals surface area contributed by atoms with Gasteiger partial charge in [-0.15, -0.1) is 0 Å². The lowest BCUT2D eigenvalue weighted by Crippen LogP contribution is -2.66. The molecule has 0 radical (unpaired) electrons. The number of fused-ring (bicyclic) bond motifs is 1. The van der Waals surface area contributed by atoms with Crippen LogP contribution in [0.15, 0.2) is 24.7 Å². The second-order valence-electron chi connectivity index (χ2n) is 8.63. The standard InChI is InChI=1S/C20H24F3N5O3/c1-18(2)11-26(5-4-19(18)16(29)27(6-7-31-3)17(30)25-19)15-9-13(20(21,22)23)8-14-10-24-12-28(14)15/h8-10,12H,4-7,11H2,1-3H3,(H,25,30). The molecule has 1 spiro atoms. The van der Waals surface area contributed by atoms with Crippen molar-refractivity contribution in [2.24, 2.45) is 5.41 Å². The van der Waals surface area contributed by atoms with Crippen molar-refractivity contribution in [2.45, 2.75) is 32.0 Å². The third-order valence-electron chi connectivity index (χ3n) is 6.35. The minimum Gasteiger partial charge on any atom is -0.383 e. The molecule has 4 heterocycles. The van der Waals surface area contributed by atoms with Gasteiger partial charge in [-0.25, -0.2) is 9.78 Å². The Bertz CT molecular complexity index is 1030. The first kappa shape index (κ1) is 21.4. The lowest BCUT2D eigenvalue weighted by molar-refractivity contribution is -0.137. The SMILES string of the molecule is COCCN1C(=O)NC2(CCN(c3cc(C(F)(F)F)cc4cncn34)CC2(C)C)C1=O. The molecule has 0 aliphatic carbocycles. The van der Waals surface area contributed by atoms with Crippen molar-refractivity contribution in [1.82, 2.24) is 19.6 Å². The summed E-state index contributed by atoms with van der Waals surface area (Å²) in [5, 5.41) is 2.86. The molecule has 8 nitrogen and oxygen atoms in total. The number of urea groups is 1. The van der Waals surface area contributed by atoms with Crippen LogP contribution in [-0.4, -0.2) is 65.1 Å². The van der Waals surface area contributed by atoms with Crippen LogP contribution >= 0.6 is 0 Å². The summed E-state index contributed by atoms with van der Waals surface area (Å²) in [6.45, 7) is 4.62. The van der Waals surface area contributed by atoms with Crippen molar-refractivity contribution in [1.29, 1.82) is 0 Å². The summed E-state index contributed by atoms with van der Waals surface area (Å²) >= 11 is 0. The summed E-state index contributed by atoms with van der Waals surface area (Å²) in [6.07, 6.45) is -1.38. The fraction of sp³-hybridized carbons (Fsp3) is 0.550. The quantitative estimate of drug-likeness (QED) is 0.741. The van der Waals surface area contributed by atoms with Gasteiger partial charge in [0, 0.05) is 25.6 Å². The van der Waals surface area contributed by atoms with Crippen LogP contribution in [0.4, 0.5) is 23.8 Å². The minimum absolute atomic E-state index is 0.145. The first-order valence-corrected chi connectivity index (χ1v) is 9.91. The number of hydrogen-bond acceptors (Lipinski definition) is 5. The third-order valence-corrected chi connectivity index (χ3v) is 6.35. The van der Waals surface area contributed by atoms with E-state index in [4.69, 9.17) is 4.74 Å². The van der Waals surface area contributed by atoms with Gasteiger partial charge in [-0.1, -0.05) is 13.8 Å². The first-order valence-electron chi connectivity index (χ1n) is 9.91. The molecule has 11 heteroatoms. The van der Waals surface area contributed by atoms with Gasteiger partial charge in [0.1, 0.15) is 17.7 Å². The number of alkyl halides is 3. The highest BCUT2D eigenvalue weighted by atomic mass is 19.4. The van der Waals surface area contributed by atoms with Crippen LogP contribution in [0.2, 0.25) is 0 Å². The molecule has 2 fully saturated rings. The predicted molar refractivity (Wildman–Crippen MR) is 106 cm³/mol. The highest BCUT2D eigenvalue weighted by molar-refractivity contribution is 6.07. The molecule has 31 heavy (non-hydrogen) atoms. The number of hydrogen-bond donors (Lipinski definition) is 1. The van der Waals surface area contributed by atoms with Crippen LogP contribution in [0.1, 0.15) is 25.8 Å². The number of pyridine rings is 1. The van der Waals surface area contributed by atoms with E-state index in [1.165, 1.54) is 19.6 Å². The third kappa shape index (κ3) is 3.31. The molecule has 2 aromatic heterocycles. The lowest BCUT2D eigenvalue weighted by atomic mass is 9.67. The Labute approximate surface area is 177 Å². The number of rotatable bonds is 4. The van der Waals surface area contributed by atoms with Gasteiger partial charge in [0.25, 0.3) is 5.91 Å². The van der Waals surface area contributed by atoms with Gasteiger partial charge in [-0.2, -0.15) is 13.2 Å². The zero-order chi connectivity index (χ0) is 22.6. The topological polar surface area (TPSA) is 79.2 Å². The minimum atomic E-state index is -4.50. The van der Waals surface area contributed by atoms with Crippen molar-refractivity contribution < 1.29 is 27.5 Å². The number of nitrogens with zero attached hydrogens (tertiary/aromatic N) is 4. The van der Waals surface area contributed by atoms with Crippen molar-refractivity contribution >= 4 is 23.3 Å². The van der Waals surface area contributed by atoms with Crippen LogP contribution in [0.3, 0.4) is 0 Å². The number of anilines is 1. The summed E-state index contributed by atoms with van der Waals surface area (Å²) in [4.78, 5) is 32.7. The molecule has 168 valence electrons. The molecule has 4 rings (SSSR count). The molecule has 2 aliphatic heterocycles. The van der Waals surface area contributed by atoms with Gasteiger partial charge in [0.15, 0.2) is 0 Å². The van der Waals surface area contributed by atoms with Crippen LogP contribution in [0.5, 0.6) is 0 Å². The number of amides is 3. The molecule has 0 bridgehead atoms. The maximum atomic E-state index is 13.4. The summed E-state index contributed by atoms with van der Waals surface area (Å²) in [6, 6.07) is 1.68. The van der Waals surface area contributed by atoms with Crippen LogP contribution in [-0.2, 0) is 15.7 Å². The number of nitrogens with one attached hydrogen (secondary N) is 1. The smallest absolute Gasteiger partial charge is 0.383 e. The fourth-order valence-corrected chi connectivity index (χ4v) is 4.59. The number of aromatic nitrogens is 2. The Kier molecular flexibility index (Phi) is 4.91. The molecule has 1 unspecified atom stereocenters. The zero-order valence-corrected chi connectivity index (χ0v) is 17.5. The number of carbonyl (C=O) groups is 2. The van der Waals surface area contributed by atoms with Gasteiger partial charge in [-0.05, 0) is 18.6 Å². The maximum Gasteiger partial charge on any atom is 0.416 e. The van der Waals surface area contributed by atoms with E-state index in [0.717, 1.165) is 17.0 Å². The number of imide groups is 1. The molecule has 2 aromatic rings. The van der Waals surface area contributed by atoms with Crippen LogP contribution in [0, 0.1) is 5.41 Å². The number of piperidine rings is 1. The van der Waals surface area contributed by atoms with E-state index in [2.05, 4.69) is 10.3 Å². The molecule has 3 amide bonds. The molecule has 0 aromatic carbocycles. The number of ether oxygens (including phenoxy) is 1. The maximum absolute atomic E-state index is 13.4. The van der Waals surface area contributed by atoms with E-state index in [1.807, 2.05) is 18.7 Å². The highest BCUT2D eigenvalue weighted by Gasteiger charge is 2.61. The summed E-state index contributed by atoms with van der Waals surface area (Å²) in [5.41, 5.74) is -2.30.